The molecule has 1 unspecified atom stereocenters. The van der Waals surface area contributed by atoms with Crippen LogP contribution >= 0.6 is 0 Å². The van der Waals surface area contributed by atoms with Gasteiger partial charge in [-0.3, -0.25) is 0 Å². The van der Waals surface area contributed by atoms with Crippen LogP contribution in [0.2, 0.25) is 0 Å². The van der Waals surface area contributed by atoms with E-state index in [1.807, 2.05) is 0 Å². The smallest absolute Gasteiger partial charge is 0.101 e. The highest BCUT2D eigenvalue weighted by molar-refractivity contribution is 4.96. The van der Waals surface area contributed by atoms with Gasteiger partial charge in [0.25, 0.3) is 0 Å². The van der Waals surface area contributed by atoms with Crippen LogP contribution in [0.3, 0.4) is 0 Å². The lowest BCUT2D eigenvalue weighted by atomic mass is 10.0. The molecule has 0 radical (unpaired) electrons. The third-order valence-corrected chi connectivity index (χ3v) is 9.57. The molecule has 41 heavy (non-hydrogen) atoms. The molecule has 0 saturated heterocycles. The first-order chi connectivity index (χ1) is 20.3. The van der Waals surface area contributed by atoms with Gasteiger partial charge in [-0.25, -0.2) is 0 Å². The maximum absolute atomic E-state index is 2.69. The standard InChI is InChI=1S/C39H78N2/c1-4-7-10-12-14-16-18-20-21-22-23-25-27-29-31-33-36-41-38-37-40(35-9-6-3)39(41)34-32-30-28-26-24-19-17-15-13-11-8-5-2/h37-39H,4-36H2,1-3H3. The molecule has 1 atom stereocenters. The van der Waals surface area contributed by atoms with Crippen LogP contribution in [0.25, 0.3) is 0 Å². The molecule has 1 aliphatic rings. The highest BCUT2D eigenvalue weighted by atomic mass is 15.4. The fraction of sp³-hybridized carbons (Fsp3) is 0.949. The summed E-state index contributed by atoms with van der Waals surface area (Å²) < 4.78 is 0. The second-order valence-electron chi connectivity index (χ2n) is 13.6. The summed E-state index contributed by atoms with van der Waals surface area (Å²) in [6, 6.07) is 0. The average molecular weight is 575 g/mol. The van der Waals surface area contributed by atoms with Gasteiger partial charge in [-0.05, 0) is 25.7 Å². The van der Waals surface area contributed by atoms with Crippen LogP contribution in [-0.2, 0) is 0 Å². The van der Waals surface area contributed by atoms with E-state index in [9.17, 15) is 0 Å². The van der Waals surface area contributed by atoms with Gasteiger partial charge < -0.3 is 9.80 Å². The quantitative estimate of drug-likeness (QED) is 0.0719. The Morgan fingerprint density at radius 2 is 0.585 bits per heavy atom. The largest absolute Gasteiger partial charge is 0.356 e. The van der Waals surface area contributed by atoms with Crippen molar-refractivity contribution in [2.24, 2.45) is 0 Å². The third kappa shape index (κ3) is 23.5. The molecule has 0 aromatic rings. The van der Waals surface area contributed by atoms with Crippen molar-refractivity contribution in [3.8, 4) is 0 Å². The van der Waals surface area contributed by atoms with E-state index in [1.165, 1.54) is 212 Å². The normalized spacial score (nSPS) is 15.0. The van der Waals surface area contributed by atoms with Crippen LogP contribution in [0.15, 0.2) is 12.4 Å². The van der Waals surface area contributed by atoms with E-state index in [0.29, 0.717) is 6.17 Å². The molecule has 0 aliphatic carbocycles. The molecule has 2 heteroatoms. The predicted octanol–water partition coefficient (Wildman–Crippen LogP) is 13.6. The van der Waals surface area contributed by atoms with Crippen molar-refractivity contribution in [2.75, 3.05) is 13.1 Å². The lowest BCUT2D eigenvalue weighted by Crippen LogP contribution is -2.39. The molecule has 0 saturated carbocycles. The van der Waals surface area contributed by atoms with E-state index in [0.717, 1.165) is 0 Å². The molecule has 0 amide bonds. The summed E-state index contributed by atoms with van der Waals surface area (Å²) in [5.41, 5.74) is 0. The number of hydrogen-bond donors (Lipinski definition) is 0. The zero-order valence-electron chi connectivity index (χ0n) is 29.0. The molecule has 0 bridgehead atoms. The topological polar surface area (TPSA) is 6.48 Å². The molecule has 0 fully saturated rings. The Bertz CT molecular complexity index is 530. The Balaban J connectivity index is 2.02. The Labute approximate surface area is 260 Å². The van der Waals surface area contributed by atoms with Crippen LogP contribution in [0.4, 0.5) is 0 Å². The van der Waals surface area contributed by atoms with E-state index in [4.69, 9.17) is 0 Å². The summed E-state index contributed by atoms with van der Waals surface area (Å²) in [6.07, 6.45) is 50.0. The van der Waals surface area contributed by atoms with Crippen LogP contribution < -0.4 is 0 Å². The summed E-state index contributed by atoms with van der Waals surface area (Å²) in [7, 11) is 0. The summed E-state index contributed by atoms with van der Waals surface area (Å²) in [5.74, 6) is 0. The van der Waals surface area contributed by atoms with Crippen LogP contribution in [-0.4, -0.2) is 29.1 Å². The van der Waals surface area contributed by atoms with E-state index >= 15 is 0 Å². The van der Waals surface area contributed by atoms with E-state index in [2.05, 4.69) is 43.0 Å². The van der Waals surface area contributed by atoms with Crippen molar-refractivity contribution >= 4 is 0 Å². The molecule has 0 aromatic heterocycles. The van der Waals surface area contributed by atoms with Crippen molar-refractivity contribution in [3.05, 3.63) is 12.4 Å². The predicted molar refractivity (Wildman–Crippen MR) is 186 cm³/mol. The zero-order chi connectivity index (χ0) is 29.5. The van der Waals surface area contributed by atoms with Crippen molar-refractivity contribution in [1.82, 2.24) is 9.80 Å². The summed E-state index contributed by atoms with van der Waals surface area (Å²) in [6.45, 7) is 9.45. The summed E-state index contributed by atoms with van der Waals surface area (Å²) in [5, 5.41) is 0. The number of hydrogen-bond acceptors (Lipinski definition) is 2. The highest BCUT2D eigenvalue weighted by Gasteiger charge is 2.24. The molecule has 0 N–H and O–H groups in total. The second kappa shape index (κ2) is 30.8. The van der Waals surface area contributed by atoms with Crippen molar-refractivity contribution < 1.29 is 0 Å². The highest BCUT2D eigenvalue weighted by Crippen LogP contribution is 2.24. The Morgan fingerprint density at radius 1 is 0.317 bits per heavy atom. The van der Waals surface area contributed by atoms with Gasteiger partial charge in [0.2, 0.25) is 0 Å². The molecule has 2 nitrogen and oxygen atoms in total. The van der Waals surface area contributed by atoms with Gasteiger partial charge in [0.05, 0.1) is 0 Å². The lowest BCUT2D eigenvalue weighted by Gasteiger charge is -2.33. The van der Waals surface area contributed by atoms with Gasteiger partial charge in [0.15, 0.2) is 0 Å². The molecule has 1 aliphatic heterocycles. The number of unbranched alkanes of at least 4 members (excludes halogenated alkanes) is 27. The molecule has 1 rings (SSSR count). The van der Waals surface area contributed by atoms with Crippen LogP contribution in [0, 0.1) is 0 Å². The lowest BCUT2D eigenvalue weighted by molar-refractivity contribution is 0.136. The first-order valence-corrected chi connectivity index (χ1v) is 19.5. The molecule has 244 valence electrons. The molecule has 0 spiro atoms. The first kappa shape index (κ1) is 38.4. The summed E-state index contributed by atoms with van der Waals surface area (Å²) in [4.78, 5) is 5.35. The zero-order valence-corrected chi connectivity index (χ0v) is 29.0. The number of rotatable bonds is 33. The Kier molecular flexibility index (Phi) is 28.8. The minimum Gasteiger partial charge on any atom is -0.356 e. The SMILES string of the molecule is CCCCCCCCCCCCCCCCCCN1C=CN(CCCC)C1CCCCCCCCCCCCCC. The van der Waals surface area contributed by atoms with Gasteiger partial charge in [0, 0.05) is 25.5 Å². The van der Waals surface area contributed by atoms with Crippen LogP contribution in [0.1, 0.15) is 220 Å². The van der Waals surface area contributed by atoms with E-state index in [1.54, 1.807) is 0 Å². The van der Waals surface area contributed by atoms with Crippen molar-refractivity contribution in [1.29, 1.82) is 0 Å². The average Bonchev–Trinajstić information content (AvgIpc) is 3.37. The second-order valence-corrected chi connectivity index (χ2v) is 13.6. The summed E-state index contributed by atoms with van der Waals surface area (Å²) >= 11 is 0. The van der Waals surface area contributed by atoms with E-state index < -0.39 is 0 Å². The first-order valence-electron chi connectivity index (χ1n) is 19.5. The van der Waals surface area contributed by atoms with Crippen molar-refractivity contribution in [3.63, 3.8) is 0 Å². The minimum atomic E-state index is 0.640. The van der Waals surface area contributed by atoms with E-state index in [-0.39, 0.29) is 0 Å². The fourth-order valence-corrected chi connectivity index (χ4v) is 6.69. The molecular formula is C39H78N2. The molecular weight excluding hydrogens is 496 g/mol. The van der Waals surface area contributed by atoms with Gasteiger partial charge in [-0.2, -0.15) is 0 Å². The number of nitrogens with zero attached hydrogens (tertiary/aromatic N) is 2. The monoisotopic (exact) mass is 575 g/mol. The Morgan fingerprint density at radius 3 is 0.927 bits per heavy atom. The van der Waals surface area contributed by atoms with Gasteiger partial charge >= 0.3 is 0 Å². The minimum absolute atomic E-state index is 0.640. The third-order valence-electron chi connectivity index (χ3n) is 9.57. The maximum atomic E-state index is 2.69. The van der Waals surface area contributed by atoms with Gasteiger partial charge in [-0.1, -0.05) is 194 Å². The fourth-order valence-electron chi connectivity index (χ4n) is 6.69. The maximum Gasteiger partial charge on any atom is 0.101 e. The Hall–Kier alpha value is -0.660. The molecule has 1 heterocycles. The van der Waals surface area contributed by atoms with Gasteiger partial charge in [-0.15, -0.1) is 0 Å². The molecule has 0 aromatic carbocycles. The van der Waals surface area contributed by atoms with Gasteiger partial charge in [0.1, 0.15) is 6.17 Å². The van der Waals surface area contributed by atoms with Crippen molar-refractivity contribution in [2.45, 2.75) is 226 Å². The van der Waals surface area contributed by atoms with Crippen LogP contribution in [0.5, 0.6) is 0 Å².